The van der Waals surface area contributed by atoms with Gasteiger partial charge in [0.05, 0.1) is 41.0 Å². The predicted molar refractivity (Wildman–Crippen MR) is 107 cm³/mol. The number of aryl methyl sites for hydroxylation is 1. The Kier molecular flexibility index (Phi) is 4.69. The molecule has 26 heavy (non-hydrogen) atoms. The molecule has 1 aliphatic rings. The van der Waals surface area contributed by atoms with Gasteiger partial charge in [-0.25, -0.2) is 4.98 Å². The topological polar surface area (TPSA) is 56.3 Å². The number of aromatic nitrogens is 2. The molecule has 2 heterocycles. The van der Waals surface area contributed by atoms with Crippen LogP contribution >= 0.6 is 23.2 Å². The summed E-state index contributed by atoms with van der Waals surface area (Å²) in [6, 6.07) is 9.83. The number of halogens is 2. The van der Waals surface area contributed by atoms with Crippen LogP contribution in [0.1, 0.15) is 11.4 Å². The standard InChI is InChI=1S/C19H20Cl2N4O/c1-12-23-19-16(22)9-14(24-5-7-26-8-6-24)10-17(19)25(12)11-13-3-2-4-15(20)18(13)21/h2-4,9-10H,5-8,11,22H2,1H3. The van der Waals surface area contributed by atoms with Gasteiger partial charge in [0, 0.05) is 18.8 Å². The number of imidazole rings is 1. The minimum atomic E-state index is 0.555. The number of rotatable bonds is 3. The van der Waals surface area contributed by atoms with Crippen LogP contribution in [0, 0.1) is 6.92 Å². The number of fused-ring (bicyclic) bond motifs is 1. The molecule has 1 saturated heterocycles. The Balaban J connectivity index is 1.80. The zero-order valence-corrected chi connectivity index (χ0v) is 16.0. The van der Waals surface area contributed by atoms with E-state index in [1.807, 2.05) is 25.1 Å². The number of ether oxygens (including phenoxy) is 1. The van der Waals surface area contributed by atoms with Gasteiger partial charge in [-0.05, 0) is 30.7 Å². The molecule has 0 radical (unpaired) electrons. The van der Waals surface area contributed by atoms with Crippen molar-refractivity contribution in [3.63, 3.8) is 0 Å². The van der Waals surface area contributed by atoms with E-state index in [2.05, 4.69) is 20.5 Å². The Bertz CT molecular complexity index is 964. The van der Waals surface area contributed by atoms with E-state index in [-0.39, 0.29) is 0 Å². The number of nitrogens with zero attached hydrogens (tertiary/aromatic N) is 3. The van der Waals surface area contributed by atoms with Gasteiger partial charge in [0.15, 0.2) is 0 Å². The molecule has 2 aromatic carbocycles. The number of morpholine rings is 1. The summed E-state index contributed by atoms with van der Waals surface area (Å²) in [4.78, 5) is 6.96. The minimum Gasteiger partial charge on any atom is -0.397 e. The highest BCUT2D eigenvalue weighted by Crippen LogP contribution is 2.31. The molecule has 0 aliphatic carbocycles. The number of nitrogens with two attached hydrogens (primary N) is 1. The number of benzene rings is 2. The van der Waals surface area contributed by atoms with Crippen molar-refractivity contribution in [3.8, 4) is 0 Å². The number of hydrogen-bond donors (Lipinski definition) is 1. The molecule has 0 amide bonds. The van der Waals surface area contributed by atoms with E-state index in [4.69, 9.17) is 33.7 Å². The first-order valence-corrected chi connectivity index (χ1v) is 9.32. The smallest absolute Gasteiger partial charge is 0.112 e. The summed E-state index contributed by atoms with van der Waals surface area (Å²) in [6.45, 7) is 5.75. The third-order valence-corrected chi connectivity index (χ3v) is 5.65. The molecule has 1 fully saturated rings. The van der Waals surface area contributed by atoms with Crippen LogP contribution in [-0.4, -0.2) is 35.9 Å². The Morgan fingerprint density at radius 3 is 2.73 bits per heavy atom. The van der Waals surface area contributed by atoms with Crippen LogP contribution in [0.5, 0.6) is 0 Å². The molecule has 2 N–H and O–H groups in total. The maximum atomic E-state index is 6.39. The predicted octanol–water partition coefficient (Wildman–Crippen LogP) is 4.12. The Morgan fingerprint density at radius 1 is 1.19 bits per heavy atom. The largest absolute Gasteiger partial charge is 0.397 e. The second kappa shape index (κ2) is 6.99. The van der Waals surface area contributed by atoms with Gasteiger partial charge in [-0.3, -0.25) is 0 Å². The summed E-state index contributed by atoms with van der Waals surface area (Å²) in [5.74, 6) is 0.891. The Hall–Kier alpha value is -1.95. The molecule has 0 spiro atoms. The van der Waals surface area contributed by atoms with Crippen molar-refractivity contribution >= 4 is 45.6 Å². The van der Waals surface area contributed by atoms with Crippen LogP contribution in [-0.2, 0) is 11.3 Å². The molecule has 1 aliphatic heterocycles. The fourth-order valence-electron chi connectivity index (χ4n) is 3.39. The van der Waals surface area contributed by atoms with E-state index in [9.17, 15) is 0 Å². The van der Waals surface area contributed by atoms with Gasteiger partial charge in [-0.2, -0.15) is 0 Å². The molecule has 4 rings (SSSR count). The molecule has 136 valence electrons. The van der Waals surface area contributed by atoms with Crippen molar-refractivity contribution in [3.05, 3.63) is 51.8 Å². The summed E-state index contributed by atoms with van der Waals surface area (Å²) in [6.07, 6.45) is 0. The quantitative estimate of drug-likeness (QED) is 0.683. The maximum Gasteiger partial charge on any atom is 0.112 e. The number of anilines is 2. The van der Waals surface area contributed by atoms with E-state index in [0.29, 0.717) is 22.3 Å². The lowest BCUT2D eigenvalue weighted by atomic mass is 10.2. The van der Waals surface area contributed by atoms with Gasteiger partial charge in [0.25, 0.3) is 0 Å². The van der Waals surface area contributed by atoms with E-state index < -0.39 is 0 Å². The number of nitrogen functional groups attached to an aromatic ring is 1. The Morgan fingerprint density at radius 2 is 1.96 bits per heavy atom. The van der Waals surface area contributed by atoms with Crippen molar-refractivity contribution in [2.45, 2.75) is 13.5 Å². The fraction of sp³-hybridized carbons (Fsp3) is 0.316. The summed E-state index contributed by atoms with van der Waals surface area (Å²) in [5, 5.41) is 1.13. The van der Waals surface area contributed by atoms with Crippen LogP contribution in [0.3, 0.4) is 0 Å². The minimum absolute atomic E-state index is 0.555. The van der Waals surface area contributed by atoms with Crippen LogP contribution in [0.15, 0.2) is 30.3 Å². The molecular formula is C19H20Cl2N4O. The first kappa shape index (κ1) is 17.5. The van der Waals surface area contributed by atoms with E-state index in [0.717, 1.165) is 54.4 Å². The maximum absolute atomic E-state index is 6.39. The molecule has 5 nitrogen and oxygen atoms in total. The molecule has 7 heteroatoms. The summed E-state index contributed by atoms with van der Waals surface area (Å²) < 4.78 is 7.58. The third-order valence-electron chi connectivity index (χ3n) is 4.80. The van der Waals surface area contributed by atoms with Gasteiger partial charge in [0.1, 0.15) is 11.3 Å². The van der Waals surface area contributed by atoms with E-state index in [1.54, 1.807) is 6.07 Å². The highest BCUT2D eigenvalue weighted by atomic mass is 35.5. The van der Waals surface area contributed by atoms with Crippen molar-refractivity contribution < 1.29 is 4.74 Å². The zero-order valence-electron chi connectivity index (χ0n) is 14.5. The lowest BCUT2D eigenvalue weighted by molar-refractivity contribution is 0.122. The lowest BCUT2D eigenvalue weighted by Crippen LogP contribution is -2.36. The monoisotopic (exact) mass is 390 g/mol. The van der Waals surface area contributed by atoms with Gasteiger partial charge < -0.3 is 19.9 Å². The van der Waals surface area contributed by atoms with Crippen molar-refractivity contribution in [1.29, 1.82) is 0 Å². The van der Waals surface area contributed by atoms with Crippen LogP contribution in [0.25, 0.3) is 11.0 Å². The lowest BCUT2D eigenvalue weighted by Gasteiger charge is -2.29. The van der Waals surface area contributed by atoms with Crippen molar-refractivity contribution in [2.24, 2.45) is 0 Å². The molecular weight excluding hydrogens is 371 g/mol. The van der Waals surface area contributed by atoms with Crippen LogP contribution in [0.4, 0.5) is 11.4 Å². The van der Waals surface area contributed by atoms with Gasteiger partial charge in [-0.15, -0.1) is 0 Å². The molecule has 3 aromatic rings. The molecule has 0 unspecified atom stereocenters. The molecule has 0 bridgehead atoms. The summed E-state index contributed by atoms with van der Waals surface area (Å²) in [5.41, 5.74) is 10.9. The molecule has 0 saturated carbocycles. The molecule has 1 aromatic heterocycles. The van der Waals surface area contributed by atoms with E-state index >= 15 is 0 Å². The summed E-state index contributed by atoms with van der Waals surface area (Å²) >= 11 is 12.6. The van der Waals surface area contributed by atoms with E-state index in [1.165, 1.54) is 0 Å². The van der Waals surface area contributed by atoms with Gasteiger partial charge in [-0.1, -0.05) is 35.3 Å². The number of hydrogen-bond acceptors (Lipinski definition) is 4. The average molecular weight is 391 g/mol. The average Bonchev–Trinajstić information content (AvgIpc) is 2.96. The Labute approximate surface area is 162 Å². The van der Waals surface area contributed by atoms with Crippen molar-refractivity contribution in [2.75, 3.05) is 36.9 Å². The third kappa shape index (κ3) is 3.11. The summed E-state index contributed by atoms with van der Waals surface area (Å²) in [7, 11) is 0. The van der Waals surface area contributed by atoms with Gasteiger partial charge >= 0.3 is 0 Å². The SMILES string of the molecule is Cc1nc2c(N)cc(N3CCOCC3)cc2n1Cc1cccc(Cl)c1Cl. The zero-order chi connectivity index (χ0) is 18.3. The fourth-order valence-corrected chi connectivity index (χ4v) is 3.77. The molecule has 0 atom stereocenters. The highest BCUT2D eigenvalue weighted by Gasteiger charge is 2.17. The van der Waals surface area contributed by atoms with Gasteiger partial charge in [0.2, 0.25) is 0 Å². The first-order chi connectivity index (χ1) is 12.5. The van der Waals surface area contributed by atoms with Crippen LogP contribution < -0.4 is 10.6 Å². The highest BCUT2D eigenvalue weighted by molar-refractivity contribution is 6.42. The second-order valence-electron chi connectivity index (χ2n) is 6.46. The first-order valence-electron chi connectivity index (χ1n) is 8.56. The van der Waals surface area contributed by atoms with Crippen molar-refractivity contribution in [1.82, 2.24) is 9.55 Å². The second-order valence-corrected chi connectivity index (χ2v) is 7.25. The van der Waals surface area contributed by atoms with Crippen LogP contribution in [0.2, 0.25) is 10.0 Å². The normalized spacial score (nSPS) is 15.0.